The number of carbonyl (C=O) groups is 3. The van der Waals surface area contributed by atoms with Crippen molar-refractivity contribution >= 4 is 23.5 Å². The minimum atomic E-state index is -0.849. The number of imide groups is 1. The van der Waals surface area contributed by atoms with Crippen molar-refractivity contribution in [1.29, 1.82) is 0 Å². The highest BCUT2D eigenvalue weighted by molar-refractivity contribution is 6.10. The molecule has 0 unspecified atom stereocenters. The maximum atomic E-state index is 13.1. The van der Waals surface area contributed by atoms with Crippen molar-refractivity contribution in [2.45, 2.75) is 83.8 Å². The van der Waals surface area contributed by atoms with E-state index in [-0.39, 0.29) is 24.0 Å². The van der Waals surface area contributed by atoms with Crippen LogP contribution in [0.5, 0.6) is 5.75 Å². The molecule has 4 rings (SSSR count). The summed E-state index contributed by atoms with van der Waals surface area (Å²) in [6.45, 7) is 6.37. The van der Waals surface area contributed by atoms with Gasteiger partial charge in [-0.05, 0) is 87.0 Å². The van der Waals surface area contributed by atoms with E-state index in [2.05, 4.69) is 31.4 Å². The number of benzene rings is 1. The Morgan fingerprint density at radius 2 is 1.72 bits per heavy atom. The largest absolute Gasteiger partial charge is 0.490 e. The molecule has 0 radical (unpaired) electrons. The molecule has 1 aromatic carbocycles. The quantitative estimate of drug-likeness (QED) is 0.660. The third-order valence-corrected chi connectivity index (χ3v) is 7.35. The first-order valence-electron chi connectivity index (χ1n) is 11.9. The van der Waals surface area contributed by atoms with Crippen LogP contribution >= 0.6 is 0 Å². The van der Waals surface area contributed by atoms with Crippen molar-refractivity contribution in [2.24, 2.45) is 11.3 Å². The third kappa shape index (κ3) is 4.76. The molecule has 2 N–H and O–H groups in total. The Morgan fingerprint density at radius 3 is 2.31 bits per heavy atom. The molecular weight excluding hydrogens is 406 g/mol. The molecule has 2 aliphatic carbocycles. The standard InChI is InChI=1S/C25H35N3O4/c1-24(2,3)17-12-14-25(15-13-17)22(30)28(23(31)27-25)16-21(29)26-18-8-10-20(11-9-18)32-19-6-4-5-7-19/h8-11,17,19H,4-7,12-16H2,1-3H3,(H,26,29)(H,27,31). The summed E-state index contributed by atoms with van der Waals surface area (Å²) in [4.78, 5) is 39.2. The number of hydrogen-bond donors (Lipinski definition) is 2. The number of anilines is 1. The fourth-order valence-corrected chi connectivity index (χ4v) is 5.29. The van der Waals surface area contributed by atoms with E-state index < -0.39 is 17.5 Å². The van der Waals surface area contributed by atoms with Crippen molar-refractivity contribution in [3.8, 4) is 5.75 Å². The third-order valence-electron chi connectivity index (χ3n) is 7.35. The predicted molar refractivity (Wildman–Crippen MR) is 122 cm³/mol. The Bertz CT molecular complexity index is 860. The topological polar surface area (TPSA) is 87.7 Å². The Kier molecular flexibility index (Phi) is 6.19. The van der Waals surface area contributed by atoms with Crippen molar-refractivity contribution < 1.29 is 19.1 Å². The molecule has 32 heavy (non-hydrogen) atoms. The number of urea groups is 1. The second-order valence-electron chi connectivity index (χ2n) is 10.6. The van der Waals surface area contributed by atoms with Gasteiger partial charge >= 0.3 is 6.03 Å². The van der Waals surface area contributed by atoms with Gasteiger partial charge in [-0.3, -0.25) is 14.5 Å². The number of nitrogens with zero attached hydrogens (tertiary/aromatic N) is 1. The molecule has 1 saturated heterocycles. The molecule has 0 bridgehead atoms. The van der Waals surface area contributed by atoms with E-state index in [0.717, 1.165) is 36.3 Å². The molecular formula is C25H35N3O4. The molecule has 4 amide bonds. The smallest absolute Gasteiger partial charge is 0.325 e. The van der Waals surface area contributed by atoms with E-state index in [1.165, 1.54) is 12.8 Å². The Morgan fingerprint density at radius 1 is 1.09 bits per heavy atom. The number of rotatable bonds is 5. The van der Waals surface area contributed by atoms with E-state index in [1.807, 2.05) is 12.1 Å². The highest BCUT2D eigenvalue weighted by atomic mass is 16.5. The van der Waals surface area contributed by atoms with Gasteiger partial charge in [-0.25, -0.2) is 4.79 Å². The normalized spacial score (nSPS) is 26.5. The Hall–Kier alpha value is -2.57. The number of ether oxygens (including phenoxy) is 1. The summed E-state index contributed by atoms with van der Waals surface area (Å²) in [6, 6.07) is 6.76. The summed E-state index contributed by atoms with van der Waals surface area (Å²) in [5.74, 6) is 0.649. The van der Waals surface area contributed by atoms with Gasteiger partial charge in [-0.2, -0.15) is 0 Å². The van der Waals surface area contributed by atoms with Gasteiger partial charge in [0, 0.05) is 5.69 Å². The molecule has 1 aliphatic heterocycles. The molecule has 7 heteroatoms. The summed E-state index contributed by atoms with van der Waals surface area (Å²) in [5.41, 5.74) is -0.0516. The van der Waals surface area contributed by atoms with Gasteiger partial charge in [0.05, 0.1) is 6.10 Å². The summed E-state index contributed by atoms with van der Waals surface area (Å²) in [5, 5.41) is 5.67. The summed E-state index contributed by atoms with van der Waals surface area (Å²) < 4.78 is 5.94. The maximum absolute atomic E-state index is 13.1. The zero-order chi connectivity index (χ0) is 22.9. The van der Waals surface area contributed by atoms with Crippen LogP contribution in [0.25, 0.3) is 0 Å². The van der Waals surface area contributed by atoms with Gasteiger partial charge in [-0.1, -0.05) is 20.8 Å². The van der Waals surface area contributed by atoms with Crippen LogP contribution in [0.15, 0.2) is 24.3 Å². The highest BCUT2D eigenvalue weighted by Gasteiger charge is 2.53. The molecule has 0 aromatic heterocycles. The first-order valence-corrected chi connectivity index (χ1v) is 11.9. The lowest BCUT2D eigenvalue weighted by Crippen LogP contribution is -2.50. The molecule has 1 aromatic rings. The lowest BCUT2D eigenvalue weighted by atomic mass is 9.67. The fourth-order valence-electron chi connectivity index (χ4n) is 5.29. The van der Waals surface area contributed by atoms with Gasteiger partial charge in [0.2, 0.25) is 5.91 Å². The Balaban J connectivity index is 1.31. The first-order chi connectivity index (χ1) is 15.2. The van der Waals surface area contributed by atoms with Crippen molar-refractivity contribution in [3.63, 3.8) is 0 Å². The Labute approximate surface area is 190 Å². The fraction of sp³-hybridized carbons (Fsp3) is 0.640. The van der Waals surface area contributed by atoms with Crippen LogP contribution in [0, 0.1) is 11.3 Å². The molecule has 3 aliphatic rings. The van der Waals surface area contributed by atoms with Crippen LogP contribution in [-0.4, -0.2) is 40.9 Å². The lowest BCUT2D eigenvalue weighted by Gasteiger charge is -2.40. The predicted octanol–water partition coefficient (Wildman–Crippen LogP) is 4.47. The van der Waals surface area contributed by atoms with Crippen LogP contribution < -0.4 is 15.4 Å². The molecule has 2 saturated carbocycles. The number of carbonyl (C=O) groups excluding carboxylic acids is 3. The van der Waals surface area contributed by atoms with Crippen molar-refractivity contribution in [2.75, 3.05) is 11.9 Å². The second-order valence-corrected chi connectivity index (χ2v) is 10.6. The number of amides is 4. The minimum Gasteiger partial charge on any atom is -0.490 e. The van der Waals surface area contributed by atoms with Crippen LogP contribution in [0.1, 0.15) is 72.1 Å². The molecule has 3 fully saturated rings. The molecule has 1 spiro atoms. The number of nitrogens with one attached hydrogen (secondary N) is 2. The van der Waals surface area contributed by atoms with Crippen molar-refractivity contribution in [3.05, 3.63) is 24.3 Å². The van der Waals surface area contributed by atoms with E-state index in [0.29, 0.717) is 24.4 Å². The SMILES string of the molecule is CC(C)(C)C1CCC2(CC1)NC(=O)N(CC(=O)Nc1ccc(OC3CCCC3)cc1)C2=O. The molecule has 7 nitrogen and oxygen atoms in total. The van der Waals surface area contributed by atoms with E-state index in [9.17, 15) is 14.4 Å². The van der Waals surface area contributed by atoms with Crippen LogP contribution in [0.2, 0.25) is 0 Å². The summed E-state index contributed by atoms with van der Waals surface area (Å²) in [7, 11) is 0. The van der Waals surface area contributed by atoms with E-state index in [1.54, 1.807) is 12.1 Å². The second kappa shape index (κ2) is 8.75. The zero-order valence-electron chi connectivity index (χ0n) is 19.4. The van der Waals surface area contributed by atoms with Crippen molar-refractivity contribution in [1.82, 2.24) is 10.2 Å². The minimum absolute atomic E-state index is 0.185. The van der Waals surface area contributed by atoms with E-state index in [4.69, 9.17) is 4.74 Å². The maximum Gasteiger partial charge on any atom is 0.325 e. The van der Waals surface area contributed by atoms with Crippen LogP contribution in [0.4, 0.5) is 10.5 Å². The highest BCUT2D eigenvalue weighted by Crippen LogP contribution is 2.43. The summed E-state index contributed by atoms with van der Waals surface area (Å²) in [6.07, 6.45) is 7.91. The van der Waals surface area contributed by atoms with Crippen LogP contribution in [0.3, 0.4) is 0 Å². The van der Waals surface area contributed by atoms with Gasteiger partial charge in [0.15, 0.2) is 0 Å². The average molecular weight is 442 g/mol. The monoisotopic (exact) mass is 441 g/mol. The van der Waals surface area contributed by atoms with Gasteiger partial charge in [-0.15, -0.1) is 0 Å². The lowest BCUT2D eigenvalue weighted by molar-refractivity contribution is -0.135. The zero-order valence-corrected chi connectivity index (χ0v) is 19.4. The number of hydrogen-bond acceptors (Lipinski definition) is 4. The van der Waals surface area contributed by atoms with Crippen LogP contribution in [-0.2, 0) is 9.59 Å². The van der Waals surface area contributed by atoms with Gasteiger partial charge in [0.1, 0.15) is 17.8 Å². The van der Waals surface area contributed by atoms with E-state index >= 15 is 0 Å². The summed E-state index contributed by atoms with van der Waals surface area (Å²) >= 11 is 0. The first kappa shape index (κ1) is 22.6. The average Bonchev–Trinajstić information content (AvgIpc) is 3.32. The molecule has 0 atom stereocenters. The molecule has 1 heterocycles. The van der Waals surface area contributed by atoms with Gasteiger partial charge in [0.25, 0.3) is 5.91 Å². The molecule has 174 valence electrons. The van der Waals surface area contributed by atoms with Gasteiger partial charge < -0.3 is 15.4 Å².